The predicted molar refractivity (Wildman–Crippen MR) is 152 cm³/mol. The van der Waals surface area contributed by atoms with E-state index >= 15 is 0 Å². The molecule has 0 aliphatic carbocycles. The summed E-state index contributed by atoms with van der Waals surface area (Å²) in [5, 5.41) is 2.23. The normalized spacial score (nSPS) is 14.8. The number of hydrogen-bond donors (Lipinski definition) is 1. The molecular formula is C30H29BrN2O6. The zero-order valence-corrected chi connectivity index (χ0v) is 23.7. The molecular weight excluding hydrogens is 564 g/mol. The summed E-state index contributed by atoms with van der Waals surface area (Å²) >= 11 is 3.42. The van der Waals surface area contributed by atoms with E-state index in [1.807, 2.05) is 24.3 Å². The maximum atomic E-state index is 13.3. The molecule has 1 aliphatic heterocycles. The molecule has 8 nitrogen and oxygen atoms in total. The van der Waals surface area contributed by atoms with Gasteiger partial charge in [0, 0.05) is 10.0 Å². The fourth-order valence-electron chi connectivity index (χ4n) is 3.90. The number of anilines is 1. The number of nitrogens with zero attached hydrogens (tertiary/aromatic N) is 1. The van der Waals surface area contributed by atoms with Gasteiger partial charge in [-0.05, 0) is 71.7 Å². The lowest BCUT2D eigenvalue weighted by atomic mass is 9.87. The molecule has 39 heavy (non-hydrogen) atoms. The first-order valence-electron chi connectivity index (χ1n) is 12.3. The molecule has 9 heteroatoms. The monoisotopic (exact) mass is 592 g/mol. The van der Waals surface area contributed by atoms with Gasteiger partial charge in [-0.15, -0.1) is 0 Å². The smallest absolute Gasteiger partial charge is 0.335 e. The van der Waals surface area contributed by atoms with E-state index in [0.717, 1.165) is 15.1 Å². The van der Waals surface area contributed by atoms with Gasteiger partial charge in [0.15, 0.2) is 0 Å². The first-order chi connectivity index (χ1) is 18.6. The molecule has 3 aromatic rings. The minimum Gasteiger partial charge on any atom is -0.497 e. The second-order valence-electron chi connectivity index (χ2n) is 9.81. The Morgan fingerprint density at radius 1 is 0.872 bits per heavy atom. The number of halogens is 1. The Bertz CT molecular complexity index is 1410. The number of imide groups is 2. The molecule has 0 bridgehead atoms. The lowest BCUT2D eigenvalue weighted by Crippen LogP contribution is -2.54. The summed E-state index contributed by atoms with van der Waals surface area (Å²) in [4.78, 5) is 39.4. The van der Waals surface area contributed by atoms with Gasteiger partial charge in [0.1, 0.15) is 36.0 Å². The Morgan fingerprint density at radius 2 is 1.51 bits per heavy atom. The van der Waals surface area contributed by atoms with E-state index in [0.29, 0.717) is 29.4 Å². The third kappa shape index (κ3) is 6.67. The molecule has 0 atom stereocenters. The van der Waals surface area contributed by atoms with Crippen LogP contribution in [0.3, 0.4) is 0 Å². The van der Waals surface area contributed by atoms with Crippen molar-refractivity contribution in [3.05, 3.63) is 87.9 Å². The van der Waals surface area contributed by atoms with E-state index in [1.54, 1.807) is 42.5 Å². The summed E-state index contributed by atoms with van der Waals surface area (Å²) in [6, 6.07) is 18.7. The van der Waals surface area contributed by atoms with E-state index in [-0.39, 0.29) is 17.6 Å². The van der Waals surface area contributed by atoms with Crippen molar-refractivity contribution in [1.29, 1.82) is 0 Å². The molecule has 1 saturated heterocycles. The van der Waals surface area contributed by atoms with Crippen molar-refractivity contribution in [2.24, 2.45) is 0 Å². The number of rotatable bonds is 8. The van der Waals surface area contributed by atoms with Crippen molar-refractivity contribution in [1.82, 2.24) is 5.32 Å². The summed E-state index contributed by atoms with van der Waals surface area (Å²) in [7, 11) is 1.52. The minimum atomic E-state index is -0.828. The quantitative estimate of drug-likeness (QED) is 0.199. The Labute approximate surface area is 235 Å². The van der Waals surface area contributed by atoms with Crippen LogP contribution >= 0.6 is 15.9 Å². The zero-order valence-electron chi connectivity index (χ0n) is 22.1. The lowest BCUT2D eigenvalue weighted by Gasteiger charge is -2.26. The molecule has 1 heterocycles. The van der Waals surface area contributed by atoms with Gasteiger partial charge in [0.25, 0.3) is 11.8 Å². The fraction of sp³-hybridized carbons (Fsp3) is 0.233. The highest BCUT2D eigenvalue weighted by atomic mass is 79.9. The van der Waals surface area contributed by atoms with Crippen LogP contribution in [-0.2, 0) is 15.0 Å². The topological polar surface area (TPSA) is 94.2 Å². The molecule has 1 aliphatic rings. The van der Waals surface area contributed by atoms with Crippen LogP contribution in [0.25, 0.3) is 6.08 Å². The number of amides is 4. The first kappa shape index (κ1) is 27.9. The second kappa shape index (κ2) is 11.7. The van der Waals surface area contributed by atoms with Crippen molar-refractivity contribution in [2.75, 3.05) is 25.2 Å². The van der Waals surface area contributed by atoms with Crippen LogP contribution in [0.1, 0.15) is 31.9 Å². The number of benzene rings is 3. The van der Waals surface area contributed by atoms with Crippen molar-refractivity contribution in [2.45, 2.75) is 26.2 Å². The molecule has 0 unspecified atom stereocenters. The number of nitrogens with one attached hydrogen (secondary N) is 1. The first-order valence-corrected chi connectivity index (χ1v) is 13.1. The average Bonchev–Trinajstić information content (AvgIpc) is 2.90. The summed E-state index contributed by atoms with van der Waals surface area (Å²) in [6.07, 6.45) is 1.41. The van der Waals surface area contributed by atoms with Gasteiger partial charge >= 0.3 is 6.03 Å². The van der Waals surface area contributed by atoms with Crippen molar-refractivity contribution < 1.29 is 28.6 Å². The van der Waals surface area contributed by atoms with Crippen molar-refractivity contribution >= 4 is 45.5 Å². The molecule has 4 rings (SSSR count). The molecule has 0 saturated carbocycles. The van der Waals surface area contributed by atoms with E-state index in [2.05, 4.69) is 42.0 Å². The summed E-state index contributed by atoms with van der Waals surface area (Å²) in [5.41, 5.74) is 1.86. The van der Waals surface area contributed by atoms with Gasteiger partial charge in [-0.3, -0.25) is 14.9 Å². The highest BCUT2D eigenvalue weighted by Gasteiger charge is 2.37. The van der Waals surface area contributed by atoms with Gasteiger partial charge in [-0.25, -0.2) is 9.69 Å². The highest BCUT2D eigenvalue weighted by molar-refractivity contribution is 9.10. The third-order valence-corrected chi connectivity index (χ3v) is 6.53. The number of carbonyl (C=O) groups excluding carboxylic acids is 3. The van der Waals surface area contributed by atoms with Crippen molar-refractivity contribution in [3.8, 4) is 17.2 Å². The summed E-state index contributed by atoms with van der Waals surface area (Å²) < 4.78 is 17.6. The Balaban J connectivity index is 1.49. The van der Waals surface area contributed by atoms with Gasteiger partial charge in [-0.1, -0.05) is 48.8 Å². The number of urea groups is 1. The van der Waals surface area contributed by atoms with Crippen LogP contribution in [0.5, 0.6) is 17.2 Å². The minimum absolute atomic E-state index is 0.0592. The number of barbiturate groups is 1. The van der Waals surface area contributed by atoms with Gasteiger partial charge < -0.3 is 14.2 Å². The van der Waals surface area contributed by atoms with E-state index in [1.165, 1.54) is 18.7 Å². The molecule has 3 aromatic carbocycles. The molecule has 1 fully saturated rings. The Kier molecular flexibility index (Phi) is 8.40. The lowest BCUT2D eigenvalue weighted by molar-refractivity contribution is -0.122. The van der Waals surface area contributed by atoms with Crippen LogP contribution in [-0.4, -0.2) is 38.2 Å². The standard InChI is InChI=1S/C30H29BrN2O6/c1-30(2,3)20-5-10-24(11-6-20)38-15-16-39-26-14-7-21(31)17-19(26)18-25-27(34)32-29(36)33(28(25)35)22-8-12-23(37-4)13-9-22/h5-14,17-18H,15-16H2,1-4H3,(H,32,34,36). The van der Waals surface area contributed by atoms with Gasteiger partial charge in [0.05, 0.1) is 12.8 Å². The molecule has 4 amide bonds. The maximum absolute atomic E-state index is 13.3. The van der Waals surface area contributed by atoms with Crippen LogP contribution in [0.4, 0.5) is 10.5 Å². The number of ether oxygens (including phenoxy) is 3. The van der Waals surface area contributed by atoms with E-state index in [4.69, 9.17) is 14.2 Å². The largest absolute Gasteiger partial charge is 0.497 e. The highest BCUT2D eigenvalue weighted by Crippen LogP contribution is 2.29. The van der Waals surface area contributed by atoms with E-state index < -0.39 is 17.8 Å². The number of carbonyl (C=O) groups is 3. The zero-order chi connectivity index (χ0) is 28.2. The van der Waals surface area contributed by atoms with Crippen LogP contribution in [0, 0.1) is 0 Å². The molecule has 1 N–H and O–H groups in total. The molecule has 202 valence electrons. The van der Waals surface area contributed by atoms with Gasteiger partial charge in [-0.2, -0.15) is 0 Å². The molecule has 0 spiro atoms. The second-order valence-corrected chi connectivity index (χ2v) is 10.7. The third-order valence-electron chi connectivity index (χ3n) is 6.03. The van der Waals surface area contributed by atoms with Crippen LogP contribution in [0.15, 0.2) is 76.8 Å². The van der Waals surface area contributed by atoms with Gasteiger partial charge in [0.2, 0.25) is 0 Å². The van der Waals surface area contributed by atoms with Crippen molar-refractivity contribution in [3.63, 3.8) is 0 Å². The number of methoxy groups -OCH3 is 1. The number of hydrogen-bond acceptors (Lipinski definition) is 6. The van der Waals surface area contributed by atoms with Crippen LogP contribution < -0.4 is 24.4 Å². The average molecular weight is 593 g/mol. The maximum Gasteiger partial charge on any atom is 0.335 e. The Morgan fingerprint density at radius 3 is 2.15 bits per heavy atom. The summed E-state index contributed by atoms with van der Waals surface area (Å²) in [6.45, 7) is 6.98. The van der Waals surface area contributed by atoms with Crippen LogP contribution in [0.2, 0.25) is 0 Å². The molecule has 0 aromatic heterocycles. The van der Waals surface area contributed by atoms with E-state index in [9.17, 15) is 14.4 Å². The SMILES string of the molecule is COc1ccc(N2C(=O)NC(=O)C(=Cc3cc(Br)ccc3OCCOc3ccc(C(C)(C)C)cc3)C2=O)cc1. The predicted octanol–water partition coefficient (Wildman–Crippen LogP) is 5.88. The fourth-order valence-corrected chi connectivity index (χ4v) is 4.28. The Hall–Kier alpha value is -4.11. The summed E-state index contributed by atoms with van der Waals surface area (Å²) in [5.74, 6) is 0.213. The molecule has 0 radical (unpaired) electrons.